The second kappa shape index (κ2) is 10.6. The third-order valence-corrected chi connectivity index (χ3v) is 8.43. The van der Waals surface area contributed by atoms with Gasteiger partial charge in [0.1, 0.15) is 18.2 Å². The first-order chi connectivity index (χ1) is 19.8. The van der Waals surface area contributed by atoms with Crippen LogP contribution in [0.1, 0.15) is 60.1 Å². The summed E-state index contributed by atoms with van der Waals surface area (Å²) in [6.07, 6.45) is 6.45. The average molecular weight is 557 g/mol. The topological polar surface area (TPSA) is 156 Å². The molecule has 0 saturated carbocycles. The highest BCUT2D eigenvalue weighted by molar-refractivity contribution is 6.00. The number of methoxy groups -OCH3 is 1. The number of ketones is 1. The lowest BCUT2D eigenvalue weighted by atomic mass is 9.85. The predicted molar refractivity (Wildman–Crippen MR) is 151 cm³/mol. The van der Waals surface area contributed by atoms with Crippen LogP contribution in [0.5, 0.6) is 5.75 Å². The molecule has 0 radical (unpaired) electrons. The third kappa shape index (κ3) is 4.51. The zero-order valence-electron chi connectivity index (χ0n) is 22.9. The number of carbonyl (C=O) groups excluding carboxylic acids is 2. The Bertz CT molecular complexity index is 1640. The molecule has 4 N–H and O–H groups in total. The molecule has 2 saturated heterocycles. The normalized spacial score (nSPS) is 20.0. The van der Waals surface area contributed by atoms with Gasteiger partial charge in [-0.1, -0.05) is 6.07 Å². The highest BCUT2D eigenvalue weighted by Gasteiger charge is 2.44. The van der Waals surface area contributed by atoms with Gasteiger partial charge >= 0.3 is 0 Å². The number of fused-ring (bicyclic) bond motifs is 3. The van der Waals surface area contributed by atoms with E-state index in [2.05, 4.69) is 10.1 Å². The number of aliphatic hydroxyl groups excluding tert-OH is 2. The zero-order chi connectivity index (χ0) is 28.8. The van der Waals surface area contributed by atoms with Gasteiger partial charge in [-0.05, 0) is 56.9 Å². The van der Waals surface area contributed by atoms with Crippen LogP contribution in [-0.4, -0.2) is 72.2 Å². The van der Waals surface area contributed by atoms with Crippen molar-refractivity contribution in [3.8, 4) is 28.1 Å². The molecule has 3 atom stereocenters. The Kier molecular flexibility index (Phi) is 6.92. The number of piperidine rings is 1. The number of hydrogen-bond acceptors (Lipinski definition) is 9. The van der Waals surface area contributed by atoms with Crippen molar-refractivity contribution in [1.29, 1.82) is 0 Å². The van der Waals surface area contributed by atoms with E-state index in [1.165, 1.54) is 11.4 Å². The molecule has 0 spiro atoms. The number of amides is 1. The van der Waals surface area contributed by atoms with Gasteiger partial charge in [0, 0.05) is 46.5 Å². The fourth-order valence-electron chi connectivity index (χ4n) is 6.57. The van der Waals surface area contributed by atoms with Gasteiger partial charge in [0.05, 0.1) is 36.9 Å². The largest absolute Gasteiger partial charge is 0.496 e. The fourth-order valence-corrected chi connectivity index (χ4v) is 6.57. The van der Waals surface area contributed by atoms with Crippen molar-refractivity contribution in [3.63, 3.8) is 0 Å². The van der Waals surface area contributed by atoms with Crippen LogP contribution in [0.2, 0.25) is 0 Å². The van der Waals surface area contributed by atoms with Crippen molar-refractivity contribution in [2.24, 2.45) is 0 Å². The van der Waals surface area contributed by atoms with Crippen LogP contribution in [0.15, 0.2) is 42.7 Å². The standard InChI is InChI=1S/C30H32N6O5/c1-16(39)27-28(19-10-21-5-6-22(11-19)35(21)26(40)15-38)34-30-23(13-33-36(30)29(27)31)18-3-7-24(32-12-18)17-4-8-25(41-2)20(9-17)14-37/h3-4,7-9,12-13,19,21-22,37-38H,5-6,10-11,14-15,31H2,1-2H3/t19-,21+,22-. The molecule has 6 rings (SSSR count). The second-order valence-corrected chi connectivity index (χ2v) is 10.7. The first-order valence-corrected chi connectivity index (χ1v) is 13.7. The Hall–Kier alpha value is -4.35. The van der Waals surface area contributed by atoms with E-state index >= 15 is 0 Å². The summed E-state index contributed by atoms with van der Waals surface area (Å²) in [6.45, 7) is 0.837. The number of Topliss-reactive ketones (excluding diaryl/α,β-unsaturated/α-hetero) is 1. The Morgan fingerprint density at radius 3 is 2.41 bits per heavy atom. The van der Waals surface area contributed by atoms with Crippen LogP contribution in [0, 0.1) is 0 Å². The van der Waals surface area contributed by atoms with E-state index in [0.717, 1.165) is 35.2 Å². The summed E-state index contributed by atoms with van der Waals surface area (Å²) >= 11 is 0. The van der Waals surface area contributed by atoms with Crippen LogP contribution < -0.4 is 10.5 Å². The molecule has 212 valence electrons. The molecule has 5 heterocycles. The number of pyridine rings is 1. The fraction of sp³-hybridized carbons (Fsp3) is 0.367. The molecule has 2 aliphatic rings. The molecule has 1 amide bonds. The van der Waals surface area contributed by atoms with Crippen molar-refractivity contribution in [3.05, 3.63) is 59.5 Å². The first-order valence-electron chi connectivity index (χ1n) is 13.7. The molecule has 11 heteroatoms. The summed E-state index contributed by atoms with van der Waals surface area (Å²) in [6, 6.07) is 9.37. The summed E-state index contributed by atoms with van der Waals surface area (Å²) in [5, 5.41) is 23.6. The lowest BCUT2D eigenvalue weighted by Gasteiger charge is -2.39. The minimum atomic E-state index is -0.499. The summed E-state index contributed by atoms with van der Waals surface area (Å²) in [4.78, 5) is 36.7. The Morgan fingerprint density at radius 1 is 1.07 bits per heavy atom. The quantitative estimate of drug-likeness (QED) is 0.291. The average Bonchev–Trinajstić information content (AvgIpc) is 3.54. The summed E-state index contributed by atoms with van der Waals surface area (Å²) < 4.78 is 6.80. The number of carbonyl (C=O) groups is 2. The summed E-state index contributed by atoms with van der Waals surface area (Å²) in [5.41, 5.74) is 11.9. The van der Waals surface area contributed by atoms with Gasteiger partial charge in [-0.25, -0.2) is 4.98 Å². The predicted octanol–water partition coefficient (Wildman–Crippen LogP) is 2.97. The third-order valence-electron chi connectivity index (χ3n) is 8.43. The molecule has 41 heavy (non-hydrogen) atoms. The molecule has 1 aromatic carbocycles. The number of rotatable bonds is 7. The van der Waals surface area contributed by atoms with E-state index in [-0.39, 0.29) is 42.1 Å². The second-order valence-electron chi connectivity index (χ2n) is 10.7. The number of nitrogens with zero attached hydrogens (tertiary/aromatic N) is 5. The van der Waals surface area contributed by atoms with Crippen molar-refractivity contribution in [1.82, 2.24) is 24.5 Å². The number of benzene rings is 1. The number of aliphatic hydroxyl groups is 2. The van der Waals surface area contributed by atoms with Crippen LogP contribution in [0.3, 0.4) is 0 Å². The van der Waals surface area contributed by atoms with Crippen molar-refractivity contribution in [2.45, 2.75) is 57.2 Å². The van der Waals surface area contributed by atoms with Gasteiger partial charge < -0.3 is 25.6 Å². The van der Waals surface area contributed by atoms with Crippen LogP contribution >= 0.6 is 0 Å². The number of ether oxygens (including phenoxy) is 1. The van der Waals surface area contributed by atoms with Gasteiger partial charge in [-0.2, -0.15) is 9.61 Å². The van der Waals surface area contributed by atoms with E-state index < -0.39 is 6.61 Å². The number of anilines is 1. The molecule has 2 bridgehead atoms. The minimum Gasteiger partial charge on any atom is -0.496 e. The van der Waals surface area contributed by atoms with Crippen molar-refractivity contribution in [2.75, 3.05) is 19.5 Å². The molecule has 0 unspecified atom stereocenters. The molecule has 11 nitrogen and oxygen atoms in total. The van der Waals surface area contributed by atoms with Gasteiger partial charge in [0.15, 0.2) is 11.4 Å². The van der Waals surface area contributed by atoms with E-state index in [1.54, 1.807) is 25.6 Å². The van der Waals surface area contributed by atoms with E-state index in [1.807, 2.05) is 29.2 Å². The molecule has 4 aromatic rings. The first kappa shape index (κ1) is 26.9. The lowest BCUT2D eigenvalue weighted by molar-refractivity contribution is -0.138. The number of nitrogens with two attached hydrogens (primary N) is 1. The number of hydrogen-bond donors (Lipinski definition) is 3. The Balaban J connectivity index is 1.38. The molecular formula is C30H32N6O5. The molecule has 2 aliphatic heterocycles. The maximum absolute atomic E-state index is 12.8. The Morgan fingerprint density at radius 2 is 1.80 bits per heavy atom. The molecule has 3 aromatic heterocycles. The highest BCUT2D eigenvalue weighted by Crippen LogP contribution is 2.44. The van der Waals surface area contributed by atoms with Crippen LogP contribution in [0.4, 0.5) is 5.82 Å². The minimum absolute atomic E-state index is 0.00267. The van der Waals surface area contributed by atoms with E-state index in [0.29, 0.717) is 41.1 Å². The van der Waals surface area contributed by atoms with Gasteiger partial charge in [-0.15, -0.1) is 0 Å². The zero-order valence-corrected chi connectivity index (χ0v) is 22.9. The van der Waals surface area contributed by atoms with E-state index in [9.17, 15) is 19.8 Å². The molecule has 2 fully saturated rings. The maximum atomic E-state index is 12.8. The van der Waals surface area contributed by atoms with E-state index in [4.69, 9.17) is 15.5 Å². The lowest BCUT2D eigenvalue weighted by Crippen LogP contribution is -2.47. The Labute approximate surface area is 236 Å². The van der Waals surface area contributed by atoms with Crippen LogP contribution in [-0.2, 0) is 11.4 Å². The summed E-state index contributed by atoms with van der Waals surface area (Å²) in [5.74, 6) is 0.368. The highest BCUT2D eigenvalue weighted by atomic mass is 16.5. The van der Waals surface area contributed by atoms with Crippen molar-refractivity contribution < 1.29 is 24.5 Å². The monoisotopic (exact) mass is 556 g/mol. The van der Waals surface area contributed by atoms with Crippen molar-refractivity contribution >= 4 is 23.2 Å². The smallest absolute Gasteiger partial charge is 0.248 e. The maximum Gasteiger partial charge on any atom is 0.248 e. The molecule has 0 aliphatic carbocycles. The van der Waals surface area contributed by atoms with Gasteiger partial charge in [-0.3, -0.25) is 14.6 Å². The van der Waals surface area contributed by atoms with Crippen LogP contribution in [0.25, 0.3) is 28.0 Å². The molecular weight excluding hydrogens is 524 g/mol. The number of aromatic nitrogens is 4. The van der Waals surface area contributed by atoms with Gasteiger partial charge in [0.25, 0.3) is 0 Å². The SMILES string of the molecule is COc1ccc(-c2ccc(-c3cnn4c(N)c(C(C)=O)c([C@H]5C[C@H]6CC[C@@H](C5)N6C(=O)CO)nc34)cn2)cc1CO. The number of nitrogen functional groups attached to an aromatic ring is 1. The van der Waals surface area contributed by atoms with Gasteiger partial charge in [0.2, 0.25) is 5.91 Å². The summed E-state index contributed by atoms with van der Waals surface area (Å²) in [7, 11) is 1.56.